The summed E-state index contributed by atoms with van der Waals surface area (Å²) in [5, 5.41) is 5.88. The molecule has 0 saturated carbocycles. The van der Waals surface area contributed by atoms with Crippen molar-refractivity contribution >= 4 is 23.4 Å². The first-order chi connectivity index (χ1) is 10.5. The van der Waals surface area contributed by atoms with Crippen LogP contribution in [0.15, 0.2) is 18.2 Å². The summed E-state index contributed by atoms with van der Waals surface area (Å²) in [5.41, 5.74) is 0.357. The van der Waals surface area contributed by atoms with E-state index in [0.717, 1.165) is 12.8 Å². The molecule has 22 heavy (non-hydrogen) atoms. The van der Waals surface area contributed by atoms with Gasteiger partial charge in [0.25, 0.3) is 5.91 Å². The van der Waals surface area contributed by atoms with Gasteiger partial charge in [-0.15, -0.1) is 0 Å². The Bertz CT molecular complexity index is 560. The molecule has 120 valence electrons. The molecular formula is C16H21ClN2O3. The van der Waals surface area contributed by atoms with E-state index in [2.05, 4.69) is 10.6 Å². The number of rotatable bonds is 5. The second kappa shape index (κ2) is 7.49. The summed E-state index contributed by atoms with van der Waals surface area (Å²) in [7, 11) is 0. The van der Waals surface area contributed by atoms with Crippen LogP contribution in [0.2, 0.25) is 5.02 Å². The van der Waals surface area contributed by atoms with Gasteiger partial charge in [-0.3, -0.25) is 9.59 Å². The fourth-order valence-corrected chi connectivity index (χ4v) is 2.63. The van der Waals surface area contributed by atoms with E-state index in [9.17, 15) is 9.59 Å². The first kappa shape index (κ1) is 16.6. The smallest absolute Gasteiger partial charge is 0.252 e. The summed E-state index contributed by atoms with van der Waals surface area (Å²) in [6.07, 6.45) is 1.70. The molecule has 1 fully saturated rings. The standard InChI is InChI=1S/C16H21ClN2O3/c1-10(2)22-13-7-3-6-12(14(13)17)16(21)19-9-11-5-4-8-18-15(11)20/h3,6-7,10-11H,4-5,8-9H2,1-2H3,(H,18,20)(H,19,21). The van der Waals surface area contributed by atoms with E-state index in [0.29, 0.717) is 29.4 Å². The van der Waals surface area contributed by atoms with E-state index < -0.39 is 0 Å². The fraction of sp³-hybridized carbons (Fsp3) is 0.500. The average molecular weight is 325 g/mol. The van der Waals surface area contributed by atoms with Crippen molar-refractivity contribution in [3.8, 4) is 5.75 Å². The Labute approximate surface area is 135 Å². The van der Waals surface area contributed by atoms with Gasteiger partial charge in [-0.05, 0) is 38.8 Å². The molecule has 2 rings (SSSR count). The Morgan fingerprint density at radius 3 is 2.95 bits per heavy atom. The first-order valence-corrected chi connectivity index (χ1v) is 7.88. The van der Waals surface area contributed by atoms with Crippen molar-refractivity contribution in [3.05, 3.63) is 28.8 Å². The number of benzene rings is 1. The van der Waals surface area contributed by atoms with E-state index in [-0.39, 0.29) is 23.8 Å². The molecule has 0 radical (unpaired) electrons. The summed E-state index contributed by atoms with van der Waals surface area (Å²) >= 11 is 6.23. The highest BCUT2D eigenvalue weighted by atomic mass is 35.5. The van der Waals surface area contributed by atoms with Crippen molar-refractivity contribution in [1.29, 1.82) is 0 Å². The zero-order valence-corrected chi connectivity index (χ0v) is 13.6. The monoisotopic (exact) mass is 324 g/mol. The molecule has 1 saturated heterocycles. The molecule has 1 aromatic rings. The third kappa shape index (κ3) is 4.13. The van der Waals surface area contributed by atoms with Crippen LogP contribution in [0.25, 0.3) is 0 Å². The van der Waals surface area contributed by atoms with Crippen molar-refractivity contribution in [2.75, 3.05) is 13.1 Å². The third-order valence-corrected chi connectivity index (χ3v) is 3.87. The number of carbonyl (C=O) groups excluding carboxylic acids is 2. The fourth-order valence-electron chi connectivity index (χ4n) is 2.37. The molecule has 0 bridgehead atoms. The van der Waals surface area contributed by atoms with Crippen LogP contribution in [-0.4, -0.2) is 31.0 Å². The molecule has 1 aliphatic rings. The Balaban J connectivity index is 2.01. The van der Waals surface area contributed by atoms with Gasteiger partial charge in [-0.2, -0.15) is 0 Å². The highest BCUT2D eigenvalue weighted by Crippen LogP contribution is 2.29. The van der Waals surface area contributed by atoms with E-state index in [4.69, 9.17) is 16.3 Å². The van der Waals surface area contributed by atoms with Crippen molar-refractivity contribution in [1.82, 2.24) is 10.6 Å². The van der Waals surface area contributed by atoms with E-state index in [1.807, 2.05) is 13.8 Å². The highest BCUT2D eigenvalue weighted by molar-refractivity contribution is 6.35. The minimum atomic E-state index is -0.294. The van der Waals surface area contributed by atoms with E-state index in [1.165, 1.54) is 0 Å². The minimum Gasteiger partial charge on any atom is -0.489 e. The number of nitrogens with one attached hydrogen (secondary N) is 2. The van der Waals surface area contributed by atoms with Gasteiger partial charge < -0.3 is 15.4 Å². The molecule has 1 atom stereocenters. The Morgan fingerprint density at radius 2 is 2.27 bits per heavy atom. The molecule has 2 N–H and O–H groups in total. The van der Waals surface area contributed by atoms with Crippen LogP contribution in [0, 0.1) is 5.92 Å². The van der Waals surface area contributed by atoms with Gasteiger partial charge in [0, 0.05) is 13.1 Å². The molecule has 0 spiro atoms. The van der Waals surface area contributed by atoms with Crippen LogP contribution in [0.4, 0.5) is 0 Å². The number of amides is 2. The lowest BCUT2D eigenvalue weighted by molar-refractivity contribution is -0.126. The molecule has 1 aromatic carbocycles. The number of carbonyl (C=O) groups is 2. The van der Waals surface area contributed by atoms with Crippen molar-refractivity contribution in [3.63, 3.8) is 0 Å². The lowest BCUT2D eigenvalue weighted by atomic mass is 9.98. The lowest BCUT2D eigenvalue weighted by Gasteiger charge is -2.22. The minimum absolute atomic E-state index is 0.00506. The maximum atomic E-state index is 12.3. The van der Waals surface area contributed by atoms with Crippen LogP contribution in [-0.2, 0) is 4.79 Å². The maximum Gasteiger partial charge on any atom is 0.252 e. The van der Waals surface area contributed by atoms with E-state index in [1.54, 1.807) is 18.2 Å². The van der Waals surface area contributed by atoms with Gasteiger partial charge in [0.05, 0.1) is 22.6 Å². The Kier molecular flexibility index (Phi) is 5.66. The first-order valence-electron chi connectivity index (χ1n) is 7.50. The maximum absolute atomic E-state index is 12.3. The zero-order valence-electron chi connectivity index (χ0n) is 12.8. The molecular weight excluding hydrogens is 304 g/mol. The molecule has 2 amide bonds. The van der Waals surface area contributed by atoms with Crippen LogP contribution in [0.5, 0.6) is 5.75 Å². The van der Waals surface area contributed by atoms with Crippen LogP contribution >= 0.6 is 11.6 Å². The topological polar surface area (TPSA) is 67.4 Å². The summed E-state index contributed by atoms with van der Waals surface area (Å²) in [6, 6.07) is 5.10. The average Bonchev–Trinajstić information content (AvgIpc) is 2.48. The zero-order chi connectivity index (χ0) is 16.1. The van der Waals surface area contributed by atoms with Crippen LogP contribution in [0.1, 0.15) is 37.0 Å². The molecule has 1 heterocycles. The molecule has 5 nitrogen and oxygen atoms in total. The quantitative estimate of drug-likeness (QED) is 0.874. The van der Waals surface area contributed by atoms with Gasteiger partial charge in [-0.1, -0.05) is 17.7 Å². The lowest BCUT2D eigenvalue weighted by Crippen LogP contribution is -2.42. The third-order valence-electron chi connectivity index (χ3n) is 3.48. The molecule has 6 heteroatoms. The second-order valence-corrected chi connectivity index (χ2v) is 6.00. The largest absolute Gasteiger partial charge is 0.489 e. The predicted molar refractivity (Wildman–Crippen MR) is 85.3 cm³/mol. The summed E-state index contributed by atoms with van der Waals surface area (Å²) in [5.74, 6) is 0.0124. The second-order valence-electron chi connectivity index (χ2n) is 5.62. The predicted octanol–water partition coefficient (Wildman–Crippen LogP) is 2.38. The number of hydrogen-bond acceptors (Lipinski definition) is 3. The van der Waals surface area contributed by atoms with Gasteiger partial charge in [-0.25, -0.2) is 0 Å². The van der Waals surface area contributed by atoms with Crippen molar-refractivity contribution in [2.45, 2.75) is 32.8 Å². The van der Waals surface area contributed by atoms with Gasteiger partial charge >= 0.3 is 0 Å². The highest BCUT2D eigenvalue weighted by Gasteiger charge is 2.23. The van der Waals surface area contributed by atoms with Crippen LogP contribution < -0.4 is 15.4 Å². The van der Waals surface area contributed by atoms with Crippen molar-refractivity contribution < 1.29 is 14.3 Å². The number of halogens is 1. The summed E-state index contributed by atoms with van der Waals surface area (Å²) in [6.45, 7) is 4.81. The normalized spacial score (nSPS) is 18.0. The number of ether oxygens (including phenoxy) is 1. The molecule has 0 aromatic heterocycles. The number of piperidine rings is 1. The Hall–Kier alpha value is -1.75. The van der Waals surface area contributed by atoms with Crippen LogP contribution in [0.3, 0.4) is 0 Å². The summed E-state index contributed by atoms with van der Waals surface area (Å²) < 4.78 is 5.57. The molecule has 0 aliphatic carbocycles. The van der Waals surface area contributed by atoms with Crippen molar-refractivity contribution in [2.24, 2.45) is 5.92 Å². The van der Waals surface area contributed by atoms with E-state index >= 15 is 0 Å². The van der Waals surface area contributed by atoms with Gasteiger partial charge in [0.15, 0.2) is 0 Å². The van der Waals surface area contributed by atoms with Gasteiger partial charge in [0.1, 0.15) is 5.75 Å². The number of hydrogen-bond donors (Lipinski definition) is 2. The Morgan fingerprint density at radius 1 is 1.50 bits per heavy atom. The SMILES string of the molecule is CC(C)Oc1cccc(C(=O)NCC2CCCNC2=O)c1Cl. The van der Waals surface area contributed by atoms with Gasteiger partial charge in [0.2, 0.25) is 5.91 Å². The molecule has 1 aliphatic heterocycles. The molecule has 1 unspecified atom stereocenters. The summed E-state index contributed by atoms with van der Waals surface area (Å²) in [4.78, 5) is 23.9.